The average Bonchev–Trinajstić information content (AvgIpc) is 3.41. The first-order chi connectivity index (χ1) is 18.0. The summed E-state index contributed by atoms with van der Waals surface area (Å²) in [4.78, 5) is 10.0. The molecular formula is C32H43N5. The van der Waals surface area contributed by atoms with Gasteiger partial charge >= 0.3 is 0 Å². The van der Waals surface area contributed by atoms with Gasteiger partial charge in [0, 0.05) is 23.4 Å². The van der Waals surface area contributed by atoms with Crippen LogP contribution in [0.2, 0.25) is 0 Å². The lowest BCUT2D eigenvalue weighted by molar-refractivity contribution is -0.827. The SMILES string of the molecule is CCCCc1cc(C[C@H]([C@@H](C)CC)n2[c-][n+](C34CC5CC(CC(C5)C3)C4)nc2)nc(-c2ccccc2)n1. The summed E-state index contributed by atoms with van der Waals surface area (Å²) >= 11 is 0. The van der Waals surface area contributed by atoms with Gasteiger partial charge in [0.05, 0.1) is 12.4 Å². The zero-order chi connectivity index (χ0) is 25.4. The standard InChI is InChI=1S/C32H43N5/c1-4-6-12-28-16-29(35-31(34-28)27-10-8-7-9-11-27)17-30(23(3)5-2)36-21-33-37(22-36)32-18-24-13-25(19-32)15-26(14-24)20-32/h7-11,16,21,23-26,30H,4-6,12-15,17-20H2,1-3H3/t23-,24?,25?,26?,30+,32?/m0/s1. The number of nitrogens with zero attached hydrogens (tertiary/aromatic N) is 5. The number of benzene rings is 1. The number of hydrogen-bond donors (Lipinski definition) is 0. The molecule has 0 saturated heterocycles. The third kappa shape index (κ3) is 4.98. The number of rotatable bonds is 10. The van der Waals surface area contributed by atoms with E-state index in [9.17, 15) is 0 Å². The molecule has 3 aromatic rings. The van der Waals surface area contributed by atoms with E-state index >= 15 is 0 Å². The van der Waals surface area contributed by atoms with Crippen molar-refractivity contribution in [2.45, 2.75) is 103 Å². The Bertz CT molecular complexity index is 1160. The summed E-state index contributed by atoms with van der Waals surface area (Å²) in [5, 5.41) is 5.00. The minimum absolute atomic E-state index is 0.211. The van der Waals surface area contributed by atoms with Gasteiger partial charge in [0.15, 0.2) is 12.2 Å². The van der Waals surface area contributed by atoms with Crippen LogP contribution >= 0.6 is 0 Å². The summed E-state index contributed by atoms with van der Waals surface area (Å²) in [5.74, 6) is 4.07. The molecule has 1 aromatic carbocycles. The first kappa shape index (κ1) is 24.8. The molecule has 2 aromatic heterocycles. The molecule has 0 N–H and O–H groups in total. The molecule has 2 atom stereocenters. The fraction of sp³-hybridized carbons (Fsp3) is 0.625. The number of unbranched alkanes of at least 4 members (excludes halogenated alkanes) is 1. The molecule has 196 valence electrons. The molecule has 4 aliphatic carbocycles. The molecule has 0 unspecified atom stereocenters. The monoisotopic (exact) mass is 497 g/mol. The van der Waals surface area contributed by atoms with Crippen LogP contribution in [0.3, 0.4) is 0 Å². The maximum Gasteiger partial charge on any atom is 0.159 e. The summed E-state index contributed by atoms with van der Waals surface area (Å²) in [6, 6.07) is 13.0. The zero-order valence-corrected chi connectivity index (χ0v) is 22.9. The Morgan fingerprint density at radius 2 is 1.68 bits per heavy atom. The molecule has 37 heavy (non-hydrogen) atoms. The van der Waals surface area contributed by atoms with E-state index in [2.05, 4.69) is 79.1 Å². The Morgan fingerprint density at radius 3 is 2.32 bits per heavy atom. The van der Waals surface area contributed by atoms with Crippen LogP contribution in [-0.4, -0.2) is 19.6 Å². The second-order valence-electron chi connectivity index (χ2n) is 12.5. The molecule has 0 radical (unpaired) electrons. The van der Waals surface area contributed by atoms with Crippen LogP contribution in [0.15, 0.2) is 42.7 Å². The minimum atomic E-state index is 0.211. The summed E-state index contributed by atoms with van der Waals surface area (Å²) in [7, 11) is 0. The quantitative estimate of drug-likeness (QED) is 0.236. The summed E-state index contributed by atoms with van der Waals surface area (Å²) in [6.07, 6.45) is 19.4. The highest BCUT2D eigenvalue weighted by molar-refractivity contribution is 5.54. The third-order valence-corrected chi connectivity index (χ3v) is 9.68. The molecule has 5 nitrogen and oxygen atoms in total. The second kappa shape index (κ2) is 10.3. The lowest BCUT2D eigenvalue weighted by Gasteiger charge is -2.54. The molecule has 0 spiro atoms. The largest absolute Gasteiger partial charge is 0.377 e. The highest BCUT2D eigenvalue weighted by Crippen LogP contribution is 2.56. The maximum atomic E-state index is 5.09. The summed E-state index contributed by atoms with van der Waals surface area (Å²) < 4.78 is 4.57. The van der Waals surface area contributed by atoms with Crippen molar-refractivity contribution < 1.29 is 4.68 Å². The molecule has 4 bridgehead atoms. The fourth-order valence-electron chi connectivity index (χ4n) is 7.90. The van der Waals surface area contributed by atoms with Gasteiger partial charge in [-0.25, -0.2) is 14.6 Å². The van der Waals surface area contributed by atoms with Gasteiger partial charge in [0.25, 0.3) is 0 Å². The van der Waals surface area contributed by atoms with Gasteiger partial charge in [-0.1, -0.05) is 57.5 Å². The predicted octanol–water partition coefficient (Wildman–Crippen LogP) is 6.53. The van der Waals surface area contributed by atoms with E-state index in [1.165, 1.54) is 44.9 Å². The summed E-state index contributed by atoms with van der Waals surface area (Å²) in [6.45, 7) is 6.90. The van der Waals surface area contributed by atoms with E-state index in [1.54, 1.807) is 0 Å². The number of hydrogen-bond acceptors (Lipinski definition) is 3. The van der Waals surface area contributed by atoms with E-state index in [0.29, 0.717) is 5.92 Å². The maximum absolute atomic E-state index is 5.09. The van der Waals surface area contributed by atoms with Gasteiger partial charge in [-0.05, 0) is 87.5 Å². The predicted molar refractivity (Wildman–Crippen MR) is 146 cm³/mol. The van der Waals surface area contributed by atoms with Crippen molar-refractivity contribution >= 4 is 0 Å². The van der Waals surface area contributed by atoms with Crippen molar-refractivity contribution in [3.8, 4) is 11.4 Å². The first-order valence-corrected chi connectivity index (χ1v) is 14.9. The van der Waals surface area contributed by atoms with Crippen molar-refractivity contribution in [3.63, 3.8) is 0 Å². The van der Waals surface area contributed by atoms with Crippen LogP contribution in [0.1, 0.15) is 96.0 Å². The second-order valence-corrected chi connectivity index (χ2v) is 12.5. The van der Waals surface area contributed by atoms with E-state index in [-0.39, 0.29) is 11.6 Å². The van der Waals surface area contributed by atoms with Gasteiger partial charge in [-0.15, -0.1) is 0 Å². The van der Waals surface area contributed by atoms with E-state index in [0.717, 1.165) is 66.2 Å². The van der Waals surface area contributed by atoms with Crippen molar-refractivity contribution in [2.24, 2.45) is 23.7 Å². The molecule has 4 saturated carbocycles. The van der Waals surface area contributed by atoms with Gasteiger partial charge in [0.1, 0.15) is 5.54 Å². The van der Waals surface area contributed by atoms with Crippen LogP contribution < -0.4 is 4.68 Å². The number of aryl methyl sites for hydroxylation is 1. The van der Waals surface area contributed by atoms with Crippen LogP contribution in [0.5, 0.6) is 0 Å². The van der Waals surface area contributed by atoms with Crippen molar-refractivity contribution in [1.82, 2.24) is 19.6 Å². The topological polar surface area (TPSA) is 47.5 Å². The molecule has 4 fully saturated rings. The fourth-order valence-corrected chi connectivity index (χ4v) is 7.90. The van der Waals surface area contributed by atoms with Crippen molar-refractivity contribution in [1.29, 1.82) is 0 Å². The van der Waals surface area contributed by atoms with Gasteiger partial charge in [0.2, 0.25) is 0 Å². The Balaban J connectivity index is 1.30. The molecule has 0 amide bonds. The van der Waals surface area contributed by atoms with Crippen LogP contribution in [0.25, 0.3) is 11.4 Å². The molecular weight excluding hydrogens is 454 g/mol. The third-order valence-electron chi connectivity index (χ3n) is 9.68. The van der Waals surface area contributed by atoms with E-state index in [4.69, 9.17) is 15.1 Å². The Hall–Kier alpha value is -2.56. The molecule has 0 aliphatic heterocycles. The highest BCUT2D eigenvalue weighted by atomic mass is 15.4. The molecule has 7 rings (SSSR count). The molecule has 4 aliphatic rings. The summed E-state index contributed by atoms with van der Waals surface area (Å²) in [5.41, 5.74) is 3.60. The number of aromatic nitrogens is 5. The van der Waals surface area contributed by atoms with Crippen LogP contribution in [0.4, 0.5) is 0 Å². The van der Waals surface area contributed by atoms with E-state index < -0.39 is 0 Å². The van der Waals surface area contributed by atoms with E-state index in [1.807, 2.05) is 0 Å². The Labute approximate surface area is 222 Å². The van der Waals surface area contributed by atoms with Gasteiger partial charge in [-0.3, -0.25) is 0 Å². The highest BCUT2D eigenvalue weighted by Gasteiger charge is 2.54. The lowest BCUT2D eigenvalue weighted by atomic mass is 9.53. The smallest absolute Gasteiger partial charge is 0.159 e. The van der Waals surface area contributed by atoms with Crippen molar-refractivity contribution in [2.75, 3.05) is 0 Å². The van der Waals surface area contributed by atoms with Crippen LogP contribution in [-0.2, 0) is 18.4 Å². The van der Waals surface area contributed by atoms with Crippen molar-refractivity contribution in [3.05, 3.63) is 60.4 Å². The molecule has 5 heteroatoms. The van der Waals surface area contributed by atoms with Gasteiger partial charge < -0.3 is 4.57 Å². The normalized spacial score (nSPS) is 27.9. The van der Waals surface area contributed by atoms with Crippen LogP contribution in [0, 0.1) is 30.0 Å². The zero-order valence-electron chi connectivity index (χ0n) is 22.9. The minimum Gasteiger partial charge on any atom is -0.377 e. The Morgan fingerprint density at radius 1 is 1.00 bits per heavy atom. The first-order valence-electron chi connectivity index (χ1n) is 14.9. The average molecular weight is 498 g/mol. The Kier molecular flexibility index (Phi) is 6.89. The molecule has 2 heterocycles. The lowest BCUT2D eigenvalue weighted by Crippen LogP contribution is -2.65. The van der Waals surface area contributed by atoms with Gasteiger partial charge in [-0.2, -0.15) is 5.10 Å².